The first-order chi connectivity index (χ1) is 14.0. The molecule has 1 amide bonds. The zero-order valence-electron chi connectivity index (χ0n) is 17.4. The first kappa shape index (κ1) is 19.6. The Morgan fingerprint density at radius 2 is 1.93 bits per heavy atom. The molecule has 1 fully saturated rings. The number of benzene rings is 2. The van der Waals surface area contributed by atoms with Crippen LogP contribution in [-0.2, 0) is 4.79 Å². The topological polar surface area (TPSA) is 48.0 Å². The van der Waals surface area contributed by atoms with Crippen molar-refractivity contribution in [2.24, 2.45) is 0 Å². The minimum absolute atomic E-state index is 0.0213. The van der Waals surface area contributed by atoms with Crippen LogP contribution in [0.2, 0.25) is 0 Å². The van der Waals surface area contributed by atoms with Gasteiger partial charge in [-0.15, -0.1) is 0 Å². The van der Waals surface area contributed by atoms with E-state index in [0.29, 0.717) is 19.1 Å². The Bertz CT molecular complexity index is 892. The van der Waals surface area contributed by atoms with Crippen molar-refractivity contribution in [3.63, 3.8) is 0 Å². The fourth-order valence-electron chi connectivity index (χ4n) is 4.29. The third-order valence-corrected chi connectivity index (χ3v) is 5.75. The monoisotopic (exact) mass is 395 g/mol. The van der Waals surface area contributed by atoms with Gasteiger partial charge in [0.15, 0.2) is 18.1 Å². The lowest BCUT2D eigenvalue weighted by atomic mass is 9.98. The van der Waals surface area contributed by atoms with Crippen LogP contribution >= 0.6 is 0 Å². The minimum atomic E-state index is 0.0213. The Morgan fingerprint density at radius 3 is 2.69 bits per heavy atom. The van der Waals surface area contributed by atoms with Crippen molar-refractivity contribution in [3.05, 3.63) is 53.1 Å². The molecule has 0 N–H and O–H groups in total. The number of hydrogen-bond acceptors (Lipinski definition) is 4. The molecule has 5 nitrogen and oxygen atoms in total. The second kappa shape index (κ2) is 8.36. The van der Waals surface area contributed by atoms with E-state index in [1.165, 1.54) is 11.1 Å². The van der Waals surface area contributed by atoms with E-state index in [-0.39, 0.29) is 18.6 Å². The highest BCUT2D eigenvalue weighted by Crippen LogP contribution is 2.38. The molecule has 154 valence electrons. The number of aryl methyl sites for hydroxylation is 1. The lowest BCUT2D eigenvalue weighted by Gasteiger charge is -2.27. The largest absolute Gasteiger partial charge is 0.486 e. The predicted octanol–water partition coefficient (Wildman–Crippen LogP) is 4.63. The number of rotatable bonds is 5. The van der Waals surface area contributed by atoms with Gasteiger partial charge in [0.25, 0.3) is 5.91 Å². The number of nitrogens with zero attached hydrogens (tertiary/aromatic N) is 1. The second-order valence-electron chi connectivity index (χ2n) is 8.11. The van der Waals surface area contributed by atoms with Gasteiger partial charge >= 0.3 is 0 Å². The van der Waals surface area contributed by atoms with Crippen molar-refractivity contribution in [1.82, 2.24) is 4.90 Å². The van der Waals surface area contributed by atoms with Crippen LogP contribution in [0.1, 0.15) is 55.3 Å². The van der Waals surface area contributed by atoms with Crippen molar-refractivity contribution < 1.29 is 19.0 Å². The maximum Gasteiger partial charge on any atom is 0.261 e. The van der Waals surface area contributed by atoms with Gasteiger partial charge in [-0.05, 0) is 66.6 Å². The van der Waals surface area contributed by atoms with Crippen LogP contribution in [0.4, 0.5) is 0 Å². The van der Waals surface area contributed by atoms with Crippen molar-refractivity contribution >= 4 is 5.91 Å². The van der Waals surface area contributed by atoms with E-state index in [1.807, 2.05) is 35.2 Å². The zero-order chi connectivity index (χ0) is 20.4. The molecule has 29 heavy (non-hydrogen) atoms. The smallest absolute Gasteiger partial charge is 0.261 e. The molecule has 1 atom stereocenters. The summed E-state index contributed by atoms with van der Waals surface area (Å²) in [6.07, 6.45) is 1.95. The Hall–Kier alpha value is -2.69. The molecule has 0 unspecified atom stereocenters. The number of fused-ring (bicyclic) bond motifs is 1. The summed E-state index contributed by atoms with van der Waals surface area (Å²) in [4.78, 5) is 14.8. The van der Waals surface area contributed by atoms with Crippen LogP contribution in [0.15, 0.2) is 36.4 Å². The van der Waals surface area contributed by atoms with E-state index in [9.17, 15) is 4.79 Å². The third-order valence-electron chi connectivity index (χ3n) is 5.75. The highest BCUT2D eigenvalue weighted by molar-refractivity contribution is 5.78. The quantitative estimate of drug-likeness (QED) is 0.740. The Labute approximate surface area is 172 Å². The number of carbonyl (C=O) groups is 1. The van der Waals surface area contributed by atoms with Gasteiger partial charge in [0.05, 0.1) is 6.04 Å². The molecular weight excluding hydrogens is 366 g/mol. The molecule has 5 heteroatoms. The molecule has 2 heterocycles. The average Bonchev–Trinajstić information content (AvgIpc) is 3.21. The number of carbonyl (C=O) groups excluding carboxylic acids is 1. The standard InChI is InChI=1S/C24H29NO4/c1-16(2)20-8-7-19(13-17(20)3)29-15-24(26)25-10-4-5-21(25)18-6-9-22-23(14-18)28-12-11-27-22/h6-9,13-14,16,21H,4-5,10-12,15H2,1-3H3/t21-/m0/s1. The molecule has 0 saturated carbocycles. The molecule has 0 radical (unpaired) electrons. The van der Waals surface area contributed by atoms with Crippen LogP contribution in [0, 0.1) is 6.92 Å². The summed E-state index contributed by atoms with van der Waals surface area (Å²) < 4.78 is 17.2. The molecule has 4 rings (SSSR count). The number of hydrogen-bond donors (Lipinski definition) is 0. The van der Waals surface area contributed by atoms with Gasteiger partial charge in [0, 0.05) is 6.54 Å². The van der Waals surface area contributed by atoms with Crippen LogP contribution in [0.3, 0.4) is 0 Å². The molecule has 0 bridgehead atoms. The number of ether oxygens (including phenoxy) is 3. The maximum atomic E-state index is 12.9. The lowest BCUT2D eigenvalue weighted by Crippen LogP contribution is -2.34. The van der Waals surface area contributed by atoms with Gasteiger partial charge < -0.3 is 19.1 Å². The molecule has 0 aromatic heterocycles. The third kappa shape index (κ3) is 4.19. The molecular formula is C24H29NO4. The molecule has 0 aliphatic carbocycles. The van der Waals surface area contributed by atoms with Crippen LogP contribution in [0.5, 0.6) is 17.2 Å². The van der Waals surface area contributed by atoms with Gasteiger partial charge in [-0.1, -0.05) is 26.0 Å². The lowest BCUT2D eigenvalue weighted by molar-refractivity contribution is -0.134. The summed E-state index contributed by atoms with van der Waals surface area (Å²) in [5.74, 6) is 2.79. The summed E-state index contributed by atoms with van der Waals surface area (Å²) in [5, 5.41) is 0. The molecule has 2 aliphatic rings. The normalized spacial score (nSPS) is 18.2. The molecule has 2 aromatic rings. The minimum Gasteiger partial charge on any atom is -0.486 e. The SMILES string of the molecule is Cc1cc(OCC(=O)N2CCC[C@H]2c2ccc3c(c2)OCCO3)ccc1C(C)C. The summed E-state index contributed by atoms with van der Waals surface area (Å²) in [7, 11) is 0. The first-order valence-electron chi connectivity index (χ1n) is 10.5. The summed E-state index contributed by atoms with van der Waals surface area (Å²) >= 11 is 0. The number of likely N-dealkylation sites (tertiary alicyclic amines) is 1. The number of amides is 1. The van der Waals surface area contributed by atoms with Gasteiger partial charge in [-0.2, -0.15) is 0 Å². The van der Waals surface area contributed by atoms with E-state index in [1.54, 1.807) is 0 Å². The summed E-state index contributed by atoms with van der Waals surface area (Å²) in [6.45, 7) is 8.40. The second-order valence-corrected chi connectivity index (χ2v) is 8.11. The average molecular weight is 395 g/mol. The zero-order valence-corrected chi connectivity index (χ0v) is 17.4. The molecule has 0 spiro atoms. The molecule has 2 aromatic carbocycles. The van der Waals surface area contributed by atoms with E-state index in [2.05, 4.69) is 26.8 Å². The van der Waals surface area contributed by atoms with E-state index < -0.39 is 0 Å². The summed E-state index contributed by atoms with van der Waals surface area (Å²) in [5.41, 5.74) is 3.60. The Kier molecular flexibility index (Phi) is 5.65. The molecule has 2 aliphatic heterocycles. The van der Waals surface area contributed by atoms with Gasteiger partial charge in [0.2, 0.25) is 0 Å². The van der Waals surface area contributed by atoms with Crippen molar-refractivity contribution in [2.75, 3.05) is 26.4 Å². The molecule has 1 saturated heterocycles. The fourth-order valence-corrected chi connectivity index (χ4v) is 4.29. The maximum absolute atomic E-state index is 12.9. The first-order valence-corrected chi connectivity index (χ1v) is 10.5. The van der Waals surface area contributed by atoms with Crippen LogP contribution in [0.25, 0.3) is 0 Å². The van der Waals surface area contributed by atoms with Gasteiger partial charge in [0.1, 0.15) is 19.0 Å². The fraction of sp³-hybridized carbons (Fsp3) is 0.458. The van der Waals surface area contributed by atoms with Crippen molar-refractivity contribution in [2.45, 2.75) is 45.6 Å². The van der Waals surface area contributed by atoms with E-state index >= 15 is 0 Å². The van der Waals surface area contributed by atoms with Crippen LogP contribution < -0.4 is 14.2 Å². The van der Waals surface area contributed by atoms with Crippen molar-refractivity contribution in [3.8, 4) is 17.2 Å². The highest BCUT2D eigenvalue weighted by atomic mass is 16.6. The van der Waals surface area contributed by atoms with E-state index in [0.717, 1.165) is 42.2 Å². The predicted molar refractivity (Wildman–Crippen MR) is 112 cm³/mol. The van der Waals surface area contributed by atoms with Gasteiger partial charge in [-0.3, -0.25) is 4.79 Å². The summed E-state index contributed by atoms with van der Waals surface area (Å²) in [6, 6.07) is 12.1. The van der Waals surface area contributed by atoms with E-state index in [4.69, 9.17) is 14.2 Å². The Balaban J connectivity index is 1.42. The van der Waals surface area contributed by atoms with Crippen LogP contribution in [-0.4, -0.2) is 37.2 Å². The van der Waals surface area contributed by atoms with Gasteiger partial charge in [-0.25, -0.2) is 0 Å². The van der Waals surface area contributed by atoms with Crippen molar-refractivity contribution in [1.29, 1.82) is 0 Å². The highest BCUT2D eigenvalue weighted by Gasteiger charge is 2.31. The Morgan fingerprint density at radius 1 is 1.14 bits per heavy atom.